The van der Waals surface area contributed by atoms with Crippen LogP contribution in [0.3, 0.4) is 0 Å². The Morgan fingerprint density at radius 2 is 1.97 bits per heavy atom. The monoisotopic (exact) mass is 466 g/mol. The summed E-state index contributed by atoms with van der Waals surface area (Å²) >= 11 is 0. The average molecular weight is 466 g/mol. The van der Waals surface area contributed by atoms with Gasteiger partial charge in [0.2, 0.25) is 5.91 Å². The Hall–Kier alpha value is -3.15. The zero-order chi connectivity index (χ0) is 23.4. The molecule has 33 heavy (non-hydrogen) atoms. The van der Waals surface area contributed by atoms with Gasteiger partial charge in [-0.25, -0.2) is 10.1 Å². The lowest BCUT2D eigenvalue weighted by molar-refractivity contribution is -0.138. The van der Waals surface area contributed by atoms with Crippen molar-refractivity contribution in [2.45, 2.75) is 25.1 Å². The third-order valence-corrected chi connectivity index (χ3v) is 5.95. The summed E-state index contributed by atoms with van der Waals surface area (Å²) in [6.07, 6.45) is -0.795. The topological polar surface area (TPSA) is 94.7 Å². The van der Waals surface area contributed by atoms with Gasteiger partial charge in [0.15, 0.2) is 0 Å². The van der Waals surface area contributed by atoms with Crippen molar-refractivity contribution in [2.75, 3.05) is 55.7 Å². The van der Waals surface area contributed by atoms with Crippen LogP contribution in [0.1, 0.15) is 18.4 Å². The third kappa shape index (κ3) is 5.27. The number of nitrogens with one attached hydrogen (secondary N) is 1. The second-order valence-electron chi connectivity index (χ2n) is 8.02. The first kappa shape index (κ1) is 23.0. The summed E-state index contributed by atoms with van der Waals surface area (Å²) in [7, 11) is 0. The quantitative estimate of drug-likeness (QED) is 0.690. The maximum atomic E-state index is 13.4. The minimum absolute atomic E-state index is 0.0870. The molecule has 4 rings (SSSR count). The maximum Gasteiger partial charge on any atom is 0.423 e. The Kier molecular flexibility index (Phi) is 6.82. The Labute approximate surface area is 188 Å². The molecule has 2 fully saturated rings. The van der Waals surface area contributed by atoms with Crippen molar-refractivity contribution in [3.05, 3.63) is 46.5 Å². The van der Waals surface area contributed by atoms with Crippen LogP contribution in [0, 0.1) is 0 Å². The Morgan fingerprint density at radius 1 is 1.18 bits per heavy atom. The van der Waals surface area contributed by atoms with Gasteiger partial charge in [0.05, 0.1) is 24.5 Å². The second kappa shape index (κ2) is 9.77. The zero-order valence-electron chi connectivity index (χ0n) is 17.9. The summed E-state index contributed by atoms with van der Waals surface area (Å²) in [5.74, 6) is 0.712. The first-order chi connectivity index (χ1) is 15.8. The minimum atomic E-state index is -4.80. The molecule has 0 aliphatic carbocycles. The standard InChI is InChI=1S/C21H25F3N6O3/c22-21(23,24)19-16(12-26-27-20(19)32)30-7-3-4-15(30)13-33-14-18(31)29-10-8-28(9-11-29)17-5-1-2-6-25-17/h1-2,5-6,12,15H,3-4,7-11,13-14H2,(H,27,32)/t15-/m0/s1. The molecule has 2 saturated heterocycles. The first-order valence-corrected chi connectivity index (χ1v) is 10.8. The van der Waals surface area contributed by atoms with Gasteiger partial charge in [-0.1, -0.05) is 6.07 Å². The van der Waals surface area contributed by atoms with Crippen molar-refractivity contribution >= 4 is 17.4 Å². The highest BCUT2D eigenvalue weighted by Gasteiger charge is 2.40. The Balaban J connectivity index is 1.30. The molecule has 2 aromatic rings. The second-order valence-corrected chi connectivity index (χ2v) is 8.02. The molecule has 178 valence electrons. The van der Waals surface area contributed by atoms with Crippen LogP contribution in [0.15, 0.2) is 35.4 Å². The van der Waals surface area contributed by atoms with Crippen LogP contribution in [0.25, 0.3) is 0 Å². The smallest absolute Gasteiger partial charge is 0.369 e. The van der Waals surface area contributed by atoms with Crippen molar-refractivity contribution in [1.29, 1.82) is 0 Å². The van der Waals surface area contributed by atoms with E-state index in [0.29, 0.717) is 45.6 Å². The van der Waals surface area contributed by atoms with E-state index >= 15 is 0 Å². The number of carbonyl (C=O) groups excluding carboxylic acids is 1. The van der Waals surface area contributed by atoms with Gasteiger partial charge in [-0.3, -0.25) is 9.59 Å². The summed E-state index contributed by atoms with van der Waals surface area (Å²) in [5, 5.41) is 5.40. The molecule has 2 aliphatic heterocycles. The van der Waals surface area contributed by atoms with Gasteiger partial charge >= 0.3 is 6.18 Å². The Bertz CT molecular complexity index is 1010. The molecule has 12 heteroatoms. The molecule has 0 unspecified atom stereocenters. The fourth-order valence-corrected chi connectivity index (χ4v) is 4.31. The van der Waals surface area contributed by atoms with Gasteiger partial charge in [-0.05, 0) is 25.0 Å². The van der Waals surface area contributed by atoms with E-state index in [1.165, 1.54) is 4.90 Å². The summed E-state index contributed by atoms with van der Waals surface area (Å²) in [6, 6.07) is 5.32. The number of pyridine rings is 1. The fourth-order valence-electron chi connectivity index (χ4n) is 4.31. The van der Waals surface area contributed by atoms with Crippen LogP contribution in [-0.4, -0.2) is 78.0 Å². The molecule has 4 heterocycles. The van der Waals surface area contributed by atoms with E-state index in [0.717, 1.165) is 12.0 Å². The molecule has 0 radical (unpaired) electrons. The van der Waals surface area contributed by atoms with E-state index in [1.54, 1.807) is 11.1 Å². The molecule has 9 nitrogen and oxygen atoms in total. The van der Waals surface area contributed by atoms with Crippen molar-refractivity contribution in [1.82, 2.24) is 20.1 Å². The number of carbonyl (C=O) groups is 1. The lowest BCUT2D eigenvalue weighted by Gasteiger charge is -2.35. The van der Waals surface area contributed by atoms with E-state index in [9.17, 15) is 22.8 Å². The number of rotatable bonds is 6. The predicted molar refractivity (Wildman–Crippen MR) is 114 cm³/mol. The average Bonchev–Trinajstić information content (AvgIpc) is 3.27. The molecule has 0 saturated carbocycles. The van der Waals surface area contributed by atoms with E-state index in [2.05, 4.69) is 15.0 Å². The largest absolute Gasteiger partial charge is 0.423 e. The molecule has 0 bridgehead atoms. The molecule has 0 aromatic carbocycles. The number of aromatic nitrogens is 3. The number of piperazine rings is 1. The van der Waals surface area contributed by atoms with Crippen LogP contribution in [0.5, 0.6) is 0 Å². The van der Waals surface area contributed by atoms with Gasteiger partial charge < -0.3 is 19.4 Å². The van der Waals surface area contributed by atoms with Crippen LogP contribution >= 0.6 is 0 Å². The van der Waals surface area contributed by atoms with Crippen molar-refractivity contribution in [3.63, 3.8) is 0 Å². The molecule has 0 spiro atoms. The van der Waals surface area contributed by atoms with Crippen molar-refractivity contribution in [2.24, 2.45) is 0 Å². The molecule has 1 atom stereocenters. The van der Waals surface area contributed by atoms with Gasteiger partial charge in [-0.15, -0.1) is 0 Å². The minimum Gasteiger partial charge on any atom is -0.369 e. The summed E-state index contributed by atoms with van der Waals surface area (Å²) in [4.78, 5) is 34.0. The summed E-state index contributed by atoms with van der Waals surface area (Å²) in [5.41, 5.74) is -2.79. The molecular weight excluding hydrogens is 441 g/mol. The van der Waals surface area contributed by atoms with Gasteiger partial charge in [0, 0.05) is 38.9 Å². The van der Waals surface area contributed by atoms with E-state index < -0.39 is 17.3 Å². The zero-order valence-corrected chi connectivity index (χ0v) is 17.9. The van der Waals surface area contributed by atoms with Crippen molar-refractivity contribution < 1.29 is 22.7 Å². The SMILES string of the molecule is O=C(COC[C@@H]1CCCN1c1cn[nH]c(=O)c1C(F)(F)F)N1CCN(c2ccccn2)CC1. The predicted octanol–water partition coefficient (Wildman–Crippen LogP) is 1.52. The van der Waals surface area contributed by atoms with E-state index in [-0.39, 0.29) is 30.9 Å². The highest BCUT2D eigenvalue weighted by Crippen LogP contribution is 2.36. The van der Waals surface area contributed by atoms with Crippen molar-refractivity contribution in [3.8, 4) is 0 Å². The number of halogens is 3. The number of H-pyrrole nitrogens is 1. The number of aromatic amines is 1. The number of ether oxygens (including phenoxy) is 1. The highest BCUT2D eigenvalue weighted by molar-refractivity contribution is 5.77. The maximum absolute atomic E-state index is 13.4. The molecule has 2 aliphatic rings. The van der Waals surface area contributed by atoms with Crippen LogP contribution < -0.4 is 15.4 Å². The van der Waals surface area contributed by atoms with Crippen LogP contribution in [0.2, 0.25) is 0 Å². The number of hydrogen-bond acceptors (Lipinski definition) is 7. The Morgan fingerprint density at radius 3 is 2.67 bits per heavy atom. The number of alkyl halides is 3. The molecule has 1 N–H and O–H groups in total. The summed E-state index contributed by atoms with van der Waals surface area (Å²) < 4.78 is 45.9. The fraction of sp³-hybridized carbons (Fsp3) is 0.524. The molecular formula is C21H25F3N6O3. The number of hydrogen-bond donors (Lipinski definition) is 1. The number of nitrogens with zero attached hydrogens (tertiary/aromatic N) is 5. The lowest BCUT2D eigenvalue weighted by Crippen LogP contribution is -2.50. The normalized spacial score (nSPS) is 19.2. The van der Waals surface area contributed by atoms with E-state index in [1.807, 2.05) is 23.3 Å². The third-order valence-electron chi connectivity index (χ3n) is 5.95. The van der Waals surface area contributed by atoms with E-state index in [4.69, 9.17) is 4.74 Å². The first-order valence-electron chi connectivity index (χ1n) is 10.8. The van der Waals surface area contributed by atoms with Crippen LogP contribution in [-0.2, 0) is 15.7 Å². The summed E-state index contributed by atoms with van der Waals surface area (Å²) in [6.45, 7) is 2.70. The number of amides is 1. The highest BCUT2D eigenvalue weighted by atomic mass is 19.4. The van der Waals surface area contributed by atoms with Gasteiger partial charge in [0.1, 0.15) is 18.0 Å². The lowest BCUT2D eigenvalue weighted by atomic mass is 10.2. The molecule has 2 aromatic heterocycles. The molecule has 1 amide bonds. The van der Waals surface area contributed by atoms with Gasteiger partial charge in [0.25, 0.3) is 5.56 Å². The van der Waals surface area contributed by atoms with Gasteiger partial charge in [-0.2, -0.15) is 18.3 Å². The van der Waals surface area contributed by atoms with Crippen LogP contribution in [0.4, 0.5) is 24.7 Å². The number of anilines is 2.